The summed E-state index contributed by atoms with van der Waals surface area (Å²) in [5, 5.41) is 6.27. The molecule has 1 aliphatic rings. The molecule has 4 heteroatoms. The van der Waals surface area contributed by atoms with Crippen molar-refractivity contribution < 1.29 is 9.18 Å². The van der Waals surface area contributed by atoms with Gasteiger partial charge in [0.25, 0.3) is 5.91 Å². The predicted octanol–water partition coefficient (Wildman–Crippen LogP) is 4.99. The van der Waals surface area contributed by atoms with Crippen LogP contribution >= 0.6 is 0 Å². The molecule has 0 spiro atoms. The summed E-state index contributed by atoms with van der Waals surface area (Å²) < 4.78 is 13.3. The summed E-state index contributed by atoms with van der Waals surface area (Å²) in [6.45, 7) is 2.80. The molecule has 0 bridgehead atoms. The van der Waals surface area contributed by atoms with Gasteiger partial charge in [-0.15, -0.1) is 0 Å². The van der Waals surface area contributed by atoms with Crippen LogP contribution in [0.4, 0.5) is 15.8 Å². The summed E-state index contributed by atoms with van der Waals surface area (Å²) in [6, 6.07) is 11.9. The summed E-state index contributed by atoms with van der Waals surface area (Å²) in [6.07, 6.45) is 5.32. The van der Waals surface area contributed by atoms with Crippen LogP contribution in [0.5, 0.6) is 0 Å². The van der Waals surface area contributed by atoms with Crippen molar-refractivity contribution in [3.63, 3.8) is 0 Å². The van der Waals surface area contributed by atoms with Crippen LogP contribution in [0.2, 0.25) is 0 Å². The maximum absolute atomic E-state index is 13.3. The maximum atomic E-state index is 13.3. The van der Waals surface area contributed by atoms with Gasteiger partial charge in [-0.1, -0.05) is 18.9 Å². The molecule has 2 N–H and O–H groups in total. The van der Waals surface area contributed by atoms with Crippen molar-refractivity contribution in [2.45, 2.75) is 32.6 Å². The van der Waals surface area contributed by atoms with Crippen molar-refractivity contribution >= 4 is 17.3 Å². The van der Waals surface area contributed by atoms with Gasteiger partial charge >= 0.3 is 0 Å². The molecule has 0 atom stereocenters. The number of aryl methyl sites for hydroxylation is 1. The first-order valence-electron chi connectivity index (χ1n) is 8.53. The number of anilines is 2. The summed E-state index contributed by atoms with van der Waals surface area (Å²) in [5.74, 6) is 0.0798. The molecule has 0 unspecified atom stereocenters. The molecule has 1 saturated carbocycles. The summed E-state index contributed by atoms with van der Waals surface area (Å²) in [5.41, 5.74) is 2.87. The number of rotatable bonds is 5. The maximum Gasteiger partial charge on any atom is 0.256 e. The van der Waals surface area contributed by atoms with E-state index in [0.717, 1.165) is 23.7 Å². The molecule has 3 rings (SSSR count). The first-order valence-corrected chi connectivity index (χ1v) is 8.53. The summed E-state index contributed by atoms with van der Waals surface area (Å²) in [4.78, 5) is 12.3. The van der Waals surface area contributed by atoms with Crippen LogP contribution in [0.15, 0.2) is 42.5 Å². The molecule has 3 nitrogen and oxygen atoms in total. The lowest BCUT2D eigenvalue weighted by Gasteiger charge is -2.13. The molecule has 0 aliphatic heterocycles. The van der Waals surface area contributed by atoms with Gasteiger partial charge in [-0.25, -0.2) is 4.39 Å². The van der Waals surface area contributed by atoms with E-state index >= 15 is 0 Å². The highest BCUT2D eigenvalue weighted by Crippen LogP contribution is 2.25. The van der Waals surface area contributed by atoms with Crippen molar-refractivity contribution in [2.75, 3.05) is 17.2 Å². The Hall–Kier alpha value is -2.36. The van der Waals surface area contributed by atoms with E-state index in [1.165, 1.54) is 37.8 Å². The Morgan fingerprint density at radius 2 is 1.75 bits per heavy atom. The van der Waals surface area contributed by atoms with Crippen LogP contribution in [0.3, 0.4) is 0 Å². The molecule has 24 heavy (non-hydrogen) atoms. The van der Waals surface area contributed by atoms with Gasteiger partial charge in [-0.3, -0.25) is 4.79 Å². The quantitative estimate of drug-likeness (QED) is 0.813. The zero-order valence-corrected chi connectivity index (χ0v) is 13.9. The highest BCUT2D eigenvalue weighted by atomic mass is 19.1. The van der Waals surface area contributed by atoms with Gasteiger partial charge in [0.1, 0.15) is 5.82 Å². The zero-order valence-electron chi connectivity index (χ0n) is 13.9. The Morgan fingerprint density at radius 3 is 2.46 bits per heavy atom. The number of carbonyl (C=O) groups is 1. The van der Waals surface area contributed by atoms with E-state index in [4.69, 9.17) is 0 Å². The van der Waals surface area contributed by atoms with Gasteiger partial charge in [-0.2, -0.15) is 0 Å². The number of carbonyl (C=O) groups excluding carboxylic acids is 1. The highest BCUT2D eigenvalue weighted by Gasteiger charge is 2.14. The van der Waals surface area contributed by atoms with E-state index < -0.39 is 5.82 Å². The second kappa shape index (κ2) is 7.47. The van der Waals surface area contributed by atoms with E-state index in [2.05, 4.69) is 10.6 Å². The zero-order chi connectivity index (χ0) is 16.9. The smallest absolute Gasteiger partial charge is 0.256 e. The molecule has 0 aromatic heterocycles. The fourth-order valence-electron chi connectivity index (χ4n) is 3.19. The lowest BCUT2D eigenvalue weighted by atomic mass is 10.1. The molecule has 0 heterocycles. The van der Waals surface area contributed by atoms with Crippen LogP contribution in [-0.4, -0.2) is 12.5 Å². The van der Waals surface area contributed by atoms with Gasteiger partial charge in [0.05, 0.1) is 0 Å². The molecule has 1 fully saturated rings. The van der Waals surface area contributed by atoms with E-state index in [0.29, 0.717) is 11.3 Å². The van der Waals surface area contributed by atoms with Crippen molar-refractivity contribution in [2.24, 2.45) is 5.92 Å². The fourth-order valence-corrected chi connectivity index (χ4v) is 3.19. The Balaban J connectivity index is 1.59. The number of benzene rings is 2. The van der Waals surface area contributed by atoms with Crippen molar-refractivity contribution in [3.05, 3.63) is 59.4 Å². The Bertz CT molecular complexity index is 706. The van der Waals surface area contributed by atoms with Crippen molar-refractivity contribution in [1.29, 1.82) is 0 Å². The lowest BCUT2D eigenvalue weighted by Crippen LogP contribution is -2.14. The predicted molar refractivity (Wildman–Crippen MR) is 96.0 cm³/mol. The van der Waals surface area contributed by atoms with Crippen molar-refractivity contribution in [1.82, 2.24) is 0 Å². The first-order chi connectivity index (χ1) is 11.6. The van der Waals surface area contributed by atoms with Crippen LogP contribution in [0.25, 0.3) is 0 Å². The Labute approximate surface area is 142 Å². The third-order valence-electron chi connectivity index (χ3n) is 4.66. The van der Waals surface area contributed by atoms with Gasteiger partial charge in [0, 0.05) is 23.5 Å². The molecule has 126 valence electrons. The van der Waals surface area contributed by atoms with Gasteiger partial charge in [0.2, 0.25) is 0 Å². The minimum absolute atomic E-state index is 0.293. The number of nitrogens with one attached hydrogen (secondary N) is 2. The molecule has 1 aliphatic carbocycles. The Morgan fingerprint density at radius 1 is 1.08 bits per heavy atom. The summed E-state index contributed by atoms with van der Waals surface area (Å²) in [7, 11) is 0. The second-order valence-corrected chi connectivity index (χ2v) is 6.52. The monoisotopic (exact) mass is 326 g/mol. The minimum atomic E-state index is -0.405. The topological polar surface area (TPSA) is 41.1 Å². The number of amides is 1. The molecule has 2 aromatic carbocycles. The average Bonchev–Trinajstić information content (AvgIpc) is 3.10. The minimum Gasteiger partial charge on any atom is -0.385 e. The van der Waals surface area contributed by atoms with Crippen LogP contribution < -0.4 is 10.6 Å². The molecule has 0 saturated heterocycles. The molecule has 0 radical (unpaired) electrons. The van der Waals surface area contributed by atoms with Gasteiger partial charge in [-0.05, 0) is 67.6 Å². The lowest BCUT2D eigenvalue weighted by molar-refractivity contribution is 0.102. The second-order valence-electron chi connectivity index (χ2n) is 6.52. The van der Waals surface area contributed by atoms with Crippen LogP contribution in [-0.2, 0) is 0 Å². The van der Waals surface area contributed by atoms with E-state index in [9.17, 15) is 9.18 Å². The first kappa shape index (κ1) is 16.5. The molecule has 2 aromatic rings. The summed E-state index contributed by atoms with van der Waals surface area (Å²) >= 11 is 0. The van der Waals surface area contributed by atoms with Crippen LogP contribution in [0.1, 0.15) is 41.6 Å². The van der Waals surface area contributed by atoms with Crippen molar-refractivity contribution in [3.8, 4) is 0 Å². The number of hydrogen-bond acceptors (Lipinski definition) is 2. The average molecular weight is 326 g/mol. The normalized spacial score (nSPS) is 14.6. The number of hydrogen-bond donors (Lipinski definition) is 2. The number of halogens is 1. The van der Waals surface area contributed by atoms with Crippen LogP contribution in [0, 0.1) is 18.7 Å². The molecule has 1 amide bonds. The van der Waals surface area contributed by atoms with E-state index in [-0.39, 0.29) is 5.91 Å². The molecular weight excluding hydrogens is 303 g/mol. The van der Waals surface area contributed by atoms with E-state index in [1.807, 2.05) is 24.3 Å². The van der Waals surface area contributed by atoms with Gasteiger partial charge in [0.15, 0.2) is 0 Å². The Kier molecular flexibility index (Phi) is 5.14. The largest absolute Gasteiger partial charge is 0.385 e. The van der Waals surface area contributed by atoms with Gasteiger partial charge < -0.3 is 10.6 Å². The standard InChI is InChI=1S/C20H23FN2O/c1-14-6-7-16(21)12-19(14)20(24)23-18-10-8-17(9-11-18)22-13-15-4-2-3-5-15/h6-12,15,22H,2-5,13H2,1H3,(H,23,24). The third-order valence-corrected chi connectivity index (χ3v) is 4.66. The third kappa shape index (κ3) is 4.13. The molecular formula is C20H23FN2O. The van der Waals surface area contributed by atoms with E-state index in [1.54, 1.807) is 13.0 Å². The fraction of sp³-hybridized carbons (Fsp3) is 0.350. The SMILES string of the molecule is Cc1ccc(F)cc1C(=O)Nc1ccc(NCC2CCCC2)cc1. The highest BCUT2D eigenvalue weighted by molar-refractivity contribution is 6.05.